The third-order valence-electron chi connectivity index (χ3n) is 4.44. The third-order valence-corrected chi connectivity index (χ3v) is 4.44. The molecular weight excluding hydrogens is 278 g/mol. The summed E-state index contributed by atoms with van der Waals surface area (Å²) in [5, 5.41) is 20.9. The first-order chi connectivity index (χ1) is 10.6. The van der Waals surface area contributed by atoms with Crippen LogP contribution in [0.15, 0.2) is 24.3 Å². The van der Waals surface area contributed by atoms with Gasteiger partial charge in [0.15, 0.2) is 0 Å². The normalized spacial score (nSPS) is 21.0. The molecule has 0 heterocycles. The van der Waals surface area contributed by atoms with Gasteiger partial charge in [0, 0.05) is 26.2 Å². The van der Waals surface area contributed by atoms with Gasteiger partial charge >= 0.3 is 6.03 Å². The second-order valence-electron chi connectivity index (χ2n) is 5.94. The van der Waals surface area contributed by atoms with E-state index in [1.807, 2.05) is 19.2 Å². The van der Waals surface area contributed by atoms with Gasteiger partial charge in [-0.25, -0.2) is 4.79 Å². The van der Waals surface area contributed by atoms with Crippen LogP contribution in [0.3, 0.4) is 0 Å². The van der Waals surface area contributed by atoms with Crippen LogP contribution in [0.1, 0.15) is 36.8 Å². The van der Waals surface area contributed by atoms with E-state index in [2.05, 4.69) is 11.4 Å². The fourth-order valence-corrected chi connectivity index (χ4v) is 2.93. The Morgan fingerprint density at radius 2 is 2.14 bits per heavy atom. The zero-order valence-corrected chi connectivity index (χ0v) is 13.0. The highest BCUT2D eigenvalue weighted by Crippen LogP contribution is 2.26. The molecule has 1 aromatic rings. The predicted molar refractivity (Wildman–Crippen MR) is 84.0 cm³/mol. The van der Waals surface area contributed by atoms with Crippen LogP contribution in [0.25, 0.3) is 0 Å². The molecule has 5 nitrogen and oxygen atoms in total. The Labute approximate surface area is 131 Å². The number of hydrogen-bond acceptors (Lipinski definition) is 3. The Morgan fingerprint density at radius 1 is 1.41 bits per heavy atom. The van der Waals surface area contributed by atoms with Crippen molar-refractivity contribution >= 4 is 6.03 Å². The monoisotopic (exact) mass is 301 g/mol. The zero-order chi connectivity index (χ0) is 15.9. The number of urea groups is 1. The summed E-state index contributed by atoms with van der Waals surface area (Å²) in [4.78, 5) is 14.0. The predicted octanol–water partition coefficient (Wildman–Crippen LogP) is 2.25. The molecule has 0 spiro atoms. The van der Waals surface area contributed by atoms with E-state index in [1.54, 1.807) is 17.0 Å². The van der Waals surface area contributed by atoms with Gasteiger partial charge in [-0.05, 0) is 49.3 Å². The first-order valence-corrected chi connectivity index (χ1v) is 7.74. The van der Waals surface area contributed by atoms with E-state index < -0.39 is 0 Å². The number of aliphatic hydroxyl groups is 1. The molecule has 0 unspecified atom stereocenters. The molecule has 0 aromatic heterocycles. The van der Waals surface area contributed by atoms with E-state index in [0.29, 0.717) is 18.0 Å². The van der Waals surface area contributed by atoms with Crippen LogP contribution in [0, 0.1) is 17.2 Å². The summed E-state index contributed by atoms with van der Waals surface area (Å²) in [6.45, 7) is 0.669. The van der Waals surface area contributed by atoms with Gasteiger partial charge in [0.25, 0.3) is 0 Å². The smallest absolute Gasteiger partial charge is 0.317 e. The summed E-state index contributed by atoms with van der Waals surface area (Å²) in [5.41, 5.74) is 1.52. The SMILES string of the molecule is CN(C(=O)NCc1cccc(C#N)c1)C1CCC(CO)CC1. The summed E-state index contributed by atoms with van der Waals surface area (Å²) >= 11 is 0. The van der Waals surface area contributed by atoms with E-state index in [0.717, 1.165) is 31.2 Å². The maximum Gasteiger partial charge on any atom is 0.317 e. The fourth-order valence-electron chi connectivity index (χ4n) is 2.93. The lowest BCUT2D eigenvalue weighted by Gasteiger charge is -2.34. The minimum atomic E-state index is -0.0881. The Balaban J connectivity index is 1.83. The van der Waals surface area contributed by atoms with Crippen LogP contribution in [-0.2, 0) is 6.54 Å². The van der Waals surface area contributed by atoms with Crippen molar-refractivity contribution in [1.29, 1.82) is 5.26 Å². The van der Waals surface area contributed by atoms with Crippen molar-refractivity contribution in [1.82, 2.24) is 10.2 Å². The molecule has 1 aromatic carbocycles. The first kappa shape index (κ1) is 16.3. The lowest BCUT2D eigenvalue weighted by Crippen LogP contribution is -2.45. The number of carbonyl (C=O) groups excluding carboxylic acids is 1. The van der Waals surface area contributed by atoms with Gasteiger partial charge in [-0.1, -0.05) is 12.1 Å². The van der Waals surface area contributed by atoms with Gasteiger partial charge < -0.3 is 15.3 Å². The van der Waals surface area contributed by atoms with E-state index in [-0.39, 0.29) is 18.7 Å². The molecule has 2 N–H and O–H groups in total. The average molecular weight is 301 g/mol. The maximum absolute atomic E-state index is 12.2. The van der Waals surface area contributed by atoms with Gasteiger partial charge in [-0.3, -0.25) is 0 Å². The van der Waals surface area contributed by atoms with Crippen LogP contribution >= 0.6 is 0 Å². The molecule has 1 saturated carbocycles. The number of aliphatic hydroxyl groups excluding tert-OH is 1. The molecule has 2 amide bonds. The molecule has 5 heteroatoms. The molecule has 118 valence electrons. The first-order valence-electron chi connectivity index (χ1n) is 7.74. The Kier molecular flexibility index (Phi) is 5.79. The Hall–Kier alpha value is -2.06. The van der Waals surface area contributed by atoms with Crippen molar-refractivity contribution in [2.45, 2.75) is 38.3 Å². The van der Waals surface area contributed by atoms with E-state index in [4.69, 9.17) is 10.4 Å². The van der Waals surface area contributed by atoms with Gasteiger partial charge in [0.2, 0.25) is 0 Å². The number of carbonyl (C=O) groups is 1. The summed E-state index contributed by atoms with van der Waals surface area (Å²) in [6.07, 6.45) is 3.84. The van der Waals surface area contributed by atoms with Crippen LogP contribution in [0.4, 0.5) is 4.79 Å². The zero-order valence-electron chi connectivity index (χ0n) is 13.0. The number of hydrogen-bond donors (Lipinski definition) is 2. The van der Waals surface area contributed by atoms with Crippen LogP contribution < -0.4 is 5.32 Å². The van der Waals surface area contributed by atoms with Crippen molar-refractivity contribution in [3.05, 3.63) is 35.4 Å². The van der Waals surface area contributed by atoms with Gasteiger partial charge in [-0.2, -0.15) is 5.26 Å². The summed E-state index contributed by atoms with van der Waals surface area (Å²) in [6, 6.07) is 9.50. The molecule has 2 rings (SSSR count). The number of nitriles is 1. The lowest BCUT2D eigenvalue weighted by molar-refractivity contribution is 0.134. The van der Waals surface area contributed by atoms with E-state index in [1.165, 1.54) is 0 Å². The molecule has 0 atom stereocenters. The van der Waals surface area contributed by atoms with Gasteiger partial charge in [-0.15, -0.1) is 0 Å². The number of nitrogens with one attached hydrogen (secondary N) is 1. The molecule has 1 aliphatic rings. The molecule has 0 saturated heterocycles. The highest BCUT2D eigenvalue weighted by atomic mass is 16.3. The van der Waals surface area contributed by atoms with Crippen molar-refractivity contribution in [2.24, 2.45) is 5.92 Å². The van der Waals surface area contributed by atoms with Crippen molar-refractivity contribution in [3.63, 3.8) is 0 Å². The molecular formula is C17H23N3O2. The third kappa shape index (κ3) is 4.22. The number of rotatable bonds is 4. The lowest BCUT2D eigenvalue weighted by atomic mass is 9.86. The van der Waals surface area contributed by atoms with E-state index in [9.17, 15) is 4.79 Å². The van der Waals surface area contributed by atoms with Crippen LogP contribution in [0.5, 0.6) is 0 Å². The number of benzene rings is 1. The Bertz CT molecular complexity index is 545. The van der Waals surface area contributed by atoms with Crippen molar-refractivity contribution in [3.8, 4) is 6.07 Å². The largest absolute Gasteiger partial charge is 0.396 e. The standard InChI is InChI=1S/C17H23N3O2/c1-20(16-7-5-13(12-21)6-8-16)17(22)19-11-15-4-2-3-14(9-15)10-18/h2-4,9,13,16,21H,5-8,11-12H2,1H3,(H,19,22). The Morgan fingerprint density at radius 3 is 2.77 bits per heavy atom. The summed E-state index contributed by atoms with van der Waals surface area (Å²) in [5.74, 6) is 0.390. The second-order valence-corrected chi connectivity index (χ2v) is 5.94. The molecule has 1 aliphatic carbocycles. The minimum Gasteiger partial charge on any atom is -0.396 e. The summed E-state index contributed by atoms with van der Waals surface area (Å²) in [7, 11) is 1.82. The van der Waals surface area contributed by atoms with Crippen molar-refractivity contribution in [2.75, 3.05) is 13.7 Å². The van der Waals surface area contributed by atoms with Crippen LogP contribution in [-0.4, -0.2) is 35.7 Å². The highest BCUT2D eigenvalue weighted by Gasteiger charge is 2.25. The molecule has 0 radical (unpaired) electrons. The highest BCUT2D eigenvalue weighted by molar-refractivity contribution is 5.74. The average Bonchev–Trinajstić information content (AvgIpc) is 2.59. The minimum absolute atomic E-state index is 0.0881. The van der Waals surface area contributed by atoms with Gasteiger partial charge in [0.05, 0.1) is 11.6 Å². The molecule has 22 heavy (non-hydrogen) atoms. The van der Waals surface area contributed by atoms with Crippen LogP contribution in [0.2, 0.25) is 0 Å². The number of amides is 2. The molecule has 0 aliphatic heterocycles. The number of nitrogens with zero attached hydrogens (tertiary/aromatic N) is 2. The fraction of sp³-hybridized carbons (Fsp3) is 0.529. The molecule has 0 bridgehead atoms. The topological polar surface area (TPSA) is 76.4 Å². The second kappa shape index (κ2) is 7.81. The van der Waals surface area contributed by atoms with Crippen molar-refractivity contribution < 1.29 is 9.90 Å². The quantitative estimate of drug-likeness (QED) is 0.895. The maximum atomic E-state index is 12.2. The summed E-state index contributed by atoms with van der Waals surface area (Å²) < 4.78 is 0. The van der Waals surface area contributed by atoms with Gasteiger partial charge in [0.1, 0.15) is 0 Å². The van der Waals surface area contributed by atoms with E-state index >= 15 is 0 Å². The molecule has 1 fully saturated rings.